The van der Waals surface area contributed by atoms with Gasteiger partial charge >= 0.3 is 0 Å². The summed E-state index contributed by atoms with van der Waals surface area (Å²) in [6.07, 6.45) is 7.57. The van der Waals surface area contributed by atoms with Crippen LogP contribution in [-0.4, -0.2) is 62.1 Å². The first-order valence-electron chi connectivity index (χ1n) is 10.1. The number of aromatic nitrogens is 3. The molecule has 5 rings (SSSR count). The maximum atomic E-state index is 13.3. The van der Waals surface area contributed by atoms with E-state index in [1.165, 1.54) is 0 Å². The van der Waals surface area contributed by atoms with Crippen molar-refractivity contribution < 1.29 is 18.7 Å². The molecular formula is C21H23N5O4. The molecule has 5 heterocycles. The number of nitrogens with zero attached hydrogens (tertiary/aromatic N) is 5. The van der Waals surface area contributed by atoms with E-state index in [9.17, 15) is 9.59 Å². The van der Waals surface area contributed by atoms with E-state index in [0.717, 1.165) is 5.56 Å². The van der Waals surface area contributed by atoms with Crippen LogP contribution >= 0.6 is 0 Å². The van der Waals surface area contributed by atoms with Crippen LogP contribution in [0.3, 0.4) is 0 Å². The first-order chi connectivity index (χ1) is 14.5. The molecule has 9 heteroatoms. The monoisotopic (exact) mass is 409 g/mol. The van der Waals surface area contributed by atoms with Crippen molar-refractivity contribution in [2.45, 2.75) is 38.1 Å². The van der Waals surface area contributed by atoms with Gasteiger partial charge in [-0.3, -0.25) is 14.6 Å². The van der Waals surface area contributed by atoms with Gasteiger partial charge in [0.05, 0.1) is 31.0 Å². The van der Waals surface area contributed by atoms with E-state index >= 15 is 0 Å². The van der Waals surface area contributed by atoms with Crippen molar-refractivity contribution in [3.05, 3.63) is 54.0 Å². The van der Waals surface area contributed by atoms with Crippen molar-refractivity contribution in [2.75, 3.05) is 13.6 Å². The summed E-state index contributed by atoms with van der Waals surface area (Å²) in [6.45, 7) is 3.01. The Morgan fingerprint density at radius 2 is 2.20 bits per heavy atom. The highest BCUT2D eigenvalue weighted by atomic mass is 16.5. The van der Waals surface area contributed by atoms with Crippen LogP contribution in [0.2, 0.25) is 0 Å². The van der Waals surface area contributed by atoms with Crippen LogP contribution in [0.1, 0.15) is 24.3 Å². The number of fused-ring (bicyclic) bond motifs is 1. The summed E-state index contributed by atoms with van der Waals surface area (Å²) < 4.78 is 11.7. The first-order valence-corrected chi connectivity index (χ1v) is 10.1. The lowest BCUT2D eigenvalue weighted by Gasteiger charge is -2.27. The van der Waals surface area contributed by atoms with E-state index in [1.54, 1.807) is 29.2 Å². The van der Waals surface area contributed by atoms with E-state index < -0.39 is 17.4 Å². The van der Waals surface area contributed by atoms with Gasteiger partial charge in [-0.15, -0.1) is 10.2 Å². The number of aryl methyl sites for hydroxylation is 1. The van der Waals surface area contributed by atoms with Gasteiger partial charge in [0.1, 0.15) is 5.60 Å². The molecule has 0 aromatic carbocycles. The minimum absolute atomic E-state index is 0.0523. The van der Waals surface area contributed by atoms with Crippen molar-refractivity contribution in [2.24, 2.45) is 11.8 Å². The highest BCUT2D eigenvalue weighted by molar-refractivity contribution is 5.92. The van der Waals surface area contributed by atoms with Crippen molar-refractivity contribution in [1.82, 2.24) is 25.0 Å². The molecule has 0 saturated carbocycles. The second-order valence-electron chi connectivity index (χ2n) is 8.09. The quantitative estimate of drug-likeness (QED) is 0.655. The molecule has 1 spiro atoms. The van der Waals surface area contributed by atoms with Crippen LogP contribution < -0.4 is 0 Å². The summed E-state index contributed by atoms with van der Waals surface area (Å²) in [5.41, 5.74) is 0.217. The number of likely N-dealkylation sites (tertiary alicyclic amines) is 1. The van der Waals surface area contributed by atoms with Gasteiger partial charge in [-0.05, 0) is 11.6 Å². The molecule has 2 fully saturated rings. The molecule has 2 bridgehead atoms. The molecule has 3 aliphatic rings. The molecule has 30 heavy (non-hydrogen) atoms. The van der Waals surface area contributed by atoms with Crippen LogP contribution in [0.25, 0.3) is 0 Å². The summed E-state index contributed by atoms with van der Waals surface area (Å²) in [7, 11) is 1.69. The number of ether oxygens (including phenoxy) is 1. The molecule has 2 amide bonds. The largest absolute Gasteiger partial charge is 0.423 e. The normalized spacial score (nSPS) is 28.9. The molecule has 2 aromatic heterocycles. The molecule has 9 nitrogen and oxygen atoms in total. The Kier molecular flexibility index (Phi) is 4.43. The van der Waals surface area contributed by atoms with Crippen molar-refractivity contribution in [1.29, 1.82) is 0 Å². The third-order valence-corrected chi connectivity index (χ3v) is 6.12. The smallest absolute Gasteiger partial charge is 0.235 e. The predicted octanol–water partition coefficient (Wildman–Crippen LogP) is 0.968. The van der Waals surface area contributed by atoms with Crippen LogP contribution in [0, 0.1) is 11.8 Å². The summed E-state index contributed by atoms with van der Waals surface area (Å²) >= 11 is 0. The fraction of sp³-hybridized carbons (Fsp3) is 0.476. The van der Waals surface area contributed by atoms with Crippen LogP contribution in [0.4, 0.5) is 0 Å². The Morgan fingerprint density at radius 3 is 2.93 bits per heavy atom. The second-order valence-corrected chi connectivity index (χ2v) is 8.09. The molecule has 2 aromatic rings. The van der Waals surface area contributed by atoms with E-state index in [1.807, 2.05) is 31.2 Å². The Balaban J connectivity index is 1.34. The van der Waals surface area contributed by atoms with E-state index in [-0.39, 0.29) is 24.5 Å². The topological polar surface area (TPSA) is 102 Å². The van der Waals surface area contributed by atoms with E-state index in [0.29, 0.717) is 31.3 Å². The lowest BCUT2D eigenvalue weighted by Crippen LogP contribution is -2.44. The third kappa shape index (κ3) is 2.92. The predicted molar refractivity (Wildman–Crippen MR) is 104 cm³/mol. The average Bonchev–Trinajstić information content (AvgIpc) is 3.50. The maximum absolute atomic E-state index is 13.3. The zero-order valence-corrected chi connectivity index (χ0v) is 16.9. The van der Waals surface area contributed by atoms with Gasteiger partial charge < -0.3 is 19.0 Å². The van der Waals surface area contributed by atoms with Crippen molar-refractivity contribution >= 4 is 11.8 Å². The van der Waals surface area contributed by atoms with Gasteiger partial charge in [-0.1, -0.05) is 25.1 Å². The molecule has 0 N–H and O–H groups in total. The van der Waals surface area contributed by atoms with Crippen molar-refractivity contribution in [3.63, 3.8) is 0 Å². The SMILES string of the molecule is CCc1nnc(CN(C)C(=O)[C@@H]2[C@@H]3C=C[C@@]4(CN(Cc5cccnc5)C(=O)[C@@H]24)O3)o1. The fourth-order valence-electron chi connectivity index (χ4n) is 4.74. The molecule has 0 aliphatic carbocycles. The number of carbonyl (C=O) groups is 2. The number of rotatable bonds is 6. The van der Waals surface area contributed by atoms with Gasteiger partial charge in [0, 0.05) is 32.4 Å². The average molecular weight is 409 g/mol. The lowest BCUT2D eigenvalue weighted by atomic mass is 9.76. The zero-order valence-electron chi connectivity index (χ0n) is 16.9. The maximum Gasteiger partial charge on any atom is 0.235 e. The van der Waals surface area contributed by atoms with Gasteiger partial charge in [-0.2, -0.15) is 0 Å². The Bertz CT molecular complexity index is 1010. The number of hydrogen-bond acceptors (Lipinski definition) is 7. The molecule has 156 valence electrons. The van der Waals surface area contributed by atoms with Crippen molar-refractivity contribution in [3.8, 4) is 0 Å². The third-order valence-electron chi connectivity index (χ3n) is 6.12. The summed E-state index contributed by atoms with van der Waals surface area (Å²) in [6, 6.07) is 3.78. The highest BCUT2D eigenvalue weighted by Crippen LogP contribution is 2.52. The van der Waals surface area contributed by atoms with Crippen LogP contribution in [-0.2, 0) is 33.8 Å². The summed E-state index contributed by atoms with van der Waals surface area (Å²) in [4.78, 5) is 34.0. The number of carbonyl (C=O) groups excluding carboxylic acids is 2. The van der Waals surface area contributed by atoms with E-state index in [4.69, 9.17) is 9.15 Å². The number of pyridine rings is 1. The minimum Gasteiger partial charge on any atom is -0.423 e. The Labute approximate surface area is 173 Å². The van der Waals surface area contributed by atoms with Crippen LogP contribution in [0.5, 0.6) is 0 Å². The number of hydrogen-bond donors (Lipinski definition) is 0. The fourth-order valence-corrected chi connectivity index (χ4v) is 4.74. The second kappa shape index (κ2) is 7.02. The molecule has 2 saturated heterocycles. The van der Waals surface area contributed by atoms with Gasteiger partial charge in [0.2, 0.25) is 23.6 Å². The molecule has 3 aliphatic heterocycles. The zero-order chi connectivity index (χ0) is 20.9. The van der Waals surface area contributed by atoms with E-state index in [2.05, 4.69) is 15.2 Å². The lowest BCUT2D eigenvalue weighted by molar-refractivity contribution is -0.143. The van der Waals surface area contributed by atoms with Gasteiger partial charge in [0.25, 0.3) is 0 Å². The molecule has 0 unspecified atom stereocenters. The molecular weight excluding hydrogens is 386 g/mol. The Hall–Kier alpha value is -3.07. The highest BCUT2D eigenvalue weighted by Gasteiger charge is 2.67. The first kappa shape index (κ1) is 18.9. The molecule has 0 radical (unpaired) electrons. The molecule has 4 atom stereocenters. The van der Waals surface area contributed by atoms with Gasteiger partial charge in [0.15, 0.2) is 0 Å². The van der Waals surface area contributed by atoms with Crippen LogP contribution in [0.15, 0.2) is 41.1 Å². The Morgan fingerprint density at radius 1 is 1.37 bits per heavy atom. The summed E-state index contributed by atoms with van der Waals surface area (Å²) in [5, 5.41) is 7.93. The minimum atomic E-state index is -0.731. The summed E-state index contributed by atoms with van der Waals surface area (Å²) in [5.74, 6) is -0.360. The number of amides is 2. The standard InChI is InChI=1S/C21H23N5O4/c1-3-15-23-24-16(29-15)11-25(2)19(27)17-14-6-7-21(30-14)12-26(20(28)18(17)21)10-13-5-4-8-22-9-13/h4-9,14,17-18H,3,10-12H2,1-2H3/t14-,17+,18+,21-/m0/s1. The van der Waals surface area contributed by atoms with Gasteiger partial charge in [-0.25, -0.2) is 0 Å².